The minimum absolute atomic E-state index is 0.00263. The van der Waals surface area contributed by atoms with Crippen molar-refractivity contribution in [1.29, 1.82) is 0 Å². The first kappa shape index (κ1) is 28.7. The third-order valence-electron chi connectivity index (χ3n) is 7.13. The van der Waals surface area contributed by atoms with Crippen molar-refractivity contribution in [2.45, 2.75) is 32.4 Å². The van der Waals surface area contributed by atoms with Crippen molar-refractivity contribution in [2.75, 3.05) is 49.1 Å². The average molecular weight is 585 g/mol. The smallest absolute Gasteiger partial charge is 0.414 e. The molecule has 0 unspecified atom stereocenters. The molecule has 5 rings (SSSR count). The Bertz CT molecular complexity index is 1470. The molecule has 0 saturated carbocycles. The number of rotatable bonds is 8. The summed E-state index contributed by atoms with van der Waals surface area (Å²) in [6, 6.07) is 2.98. The van der Waals surface area contributed by atoms with E-state index in [4.69, 9.17) is 4.74 Å². The lowest BCUT2D eigenvalue weighted by atomic mass is 10.1. The van der Waals surface area contributed by atoms with E-state index in [1.54, 1.807) is 36.7 Å². The molecule has 0 aliphatic carbocycles. The van der Waals surface area contributed by atoms with Gasteiger partial charge < -0.3 is 25.2 Å². The normalized spacial score (nSPS) is 17.8. The summed E-state index contributed by atoms with van der Waals surface area (Å²) in [5.74, 6) is -2.42. The molecule has 4 amide bonds. The van der Waals surface area contributed by atoms with Crippen LogP contribution in [0.5, 0.6) is 0 Å². The highest BCUT2D eigenvalue weighted by atomic mass is 19.1. The molecular formula is C27H30F2N8O5. The number of carbonyl (C=O) groups excluding carboxylic acids is 4. The fourth-order valence-corrected chi connectivity index (χ4v) is 4.90. The predicted octanol–water partition coefficient (Wildman–Crippen LogP) is 1.33. The third kappa shape index (κ3) is 5.94. The van der Waals surface area contributed by atoms with Crippen LogP contribution in [0.2, 0.25) is 0 Å². The average Bonchev–Trinajstić information content (AvgIpc) is 3.59. The number of carbonyl (C=O) groups is 4. The van der Waals surface area contributed by atoms with E-state index in [1.165, 1.54) is 16.0 Å². The highest BCUT2D eigenvalue weighted by Crippen LogP contribution is 2.31. The van der Waals surface area contributed by atoms with E-state index in [-0.39, 0.29) is 74.6 Å². The van der Waals surface area contributed by atoms with E-state index in [0.29, 0.717) is 5.78 Å². The van der Waals surface area contributed by atoms with Crippen molar-refractivity contribution in [2.24, 2.45) is 0 Å². The third-order valence-corrected chi connectivity index (χ3v) is 7.13. The van der Waals surface area contributed by atoms with Crippen LogP contribution in [0.4, 0.5) is 25.0 Å². The summed E-state index contributed by atoms with van der Waals surface area (Å²) in [7, 11) is 0. The number of piperazine rings is 1. The molecule has 4 heterocycles. The van der Waals surface area contributed by atoms with Crippen molar-refractivity contribution in [1.82, 2.24) is 29.9 Å². The maximum Gasteiger partial charge on any atom is 0.414 e. The molecule has 15 heteroatoms. The molecule has 2 atom stereocenters. The van der Waals surface area contributed by atoms with Gasteiger partial charge in [0.2, 0.25) is 17.6 Å². The highest BCUT2D eigenvalue weighted by molar-refractivity contribution is 5.96. The van der Waals surface area contributed by atoms with E-state index in [0.717, 1.165) is 17.0 Å². The number of imidazole rings is 1. The zero-order valence-electron chi connectivity index (χ0n) is 23.0. The van der Waals surface area contributed by atoms with E-state index >= 15 is 8.78 Å². The maximum absolute atomic E-state index is 15.2. The van der Waals surface area contributed by atoms with Gasteiger partial charge >= 0.3 is 6.09 Å². The first-order valence-electron chi connectivity index (χ1n) is 13.5. The molecule has 2 aromatic heterocycles. The van der Waals surface area contributed by atoms with Crippen LogP contribution in [0, 0.1) is 11.6 Å². The van der Waals surface area contributed by atoms with Gasteiger partial charge in [0.1, 0.15) is 23.5 Å². The van der Waals surface area contributed by atoms with Crippen LogP contribution in [0.1, 0.15) is 30.8 Å². The largest absolute Gasteiger partial charge is 0.442 e. The molecule has 0 radical (unpaired) electrons. The van der Waals surface area contributed by atoms with Crippen molar-refractivity contribution in [3.63, 3.8) is 0 Å². The van der Waals surface area contributed by atoms with E-state index in [2.05, 4.69) is 20.6 Å². The van der Waals surface area contributed by atoms with Crippen LogP contribution in [-0.2, 0) is 14.3 Å². The number of aromatic nitrogens is 3. The number of hydrogen-bond donors (Lipinski definition) is 2. The molecule has 0 spiro atoms. The number of cyclic esters (lactones) is 1. The van der Waals surface area contributed by atoms with Crippen LogP contribution in [0.3, 0.4) is 0 Å². The van der Waals surface area contributed by atoms with Crippen LogP contribution in [-0.4, -0.2) is 94.5 Å². The van der Waals surface area contributed by atoms with Gasteiger partial charge in [0, 0.05) is 63.3 Å². The fourth-order valence-electron chi connectivity index (χ4n) is 4.90. The number of amides is 4. The Hall–Kier alpha value is -4.82. The van der Waals surface area contributed by atoms with Gasteiger partial charge in [-0.15, -0.1) is 0 Å². The number of nitrogens with zero attached hydrogens (tertiary/aromatic N) is 6. The zero-order valence-corrected chi connectivity index (χ0v) is 23.0. The lowest BCUT2D eigenvalue weighted by molar-refractivity contribution is -0.133. The Labute approximate surface area is 239 Å². The second-order valence-corrected chi connectivity index (χ2v) is 9.99. The van der Waals surface area contributed by atoms with Gasteiger partial charge in [0.05, 0.1) is 18.8 Å². The number of nitrogens with one attached hydrogen (secondary N) is 2. The Morgan fingerprint density at radius 3 is 2.52 bits per heavy atom. The highest BCUT2D eigenvalue weighted by Gasteiger charge is 2.34. The topological polar surface area (TPSA) is 141 Å². The second-order valence-electron chi connectivity index (χ2n) is 9.99. The van der Waals surface area contributed by atoms with Crippen molar-refractivity contribution >= 4 is 41.0 Å². The molecule has 13 nitrogen and oxygen atoms in total. The SMILES string of the molecule is CCC(=O)NC[C@H]1CN(c2cc(F)c(N3CCN(C(=O)[C@H](C)NC(=O)c4cn5cccnc5n4)CC3)c(F)c2)C(=O)O1. The van der Waals surface area contributed by atoms with E-state index < -0.39 is 35.8 Å². The summed E-state index contributed by atoms with van der Waals surface area (Å²) < 4.78 is 37.2. The van der Waals surface area contributed by atoms with Crippen molar-refractivity contribution < 1.29 is 32.7 Å². The van der Waals surface area contributed by atoms with Crippen molar-refractivity contribution in [3.05, 3.63) is 54.1 Å². The lowest BCUT2D eigenvalue weighted by Crippen LogP contribution is -2.54. The maximum atomic E-state index is 15.2. The molecule has 2 fully saturated rings. The van der Waals surface area contributed by atoms with Crippen LogP contribution in [0.25, 0.3) is 5.78 Å². The Balaban J connectivity index is 1.17. The quantitative estimate of drug-likeness (QED) is 0.404. The number of ether oxygens (including phenoxy) is 1. The van der Waals surface area contributed by atoms with Crippen LogP contribution >= 0.6 is 0 Å². The number of benzene rings is 1. The van der Waals surface area contributed by atoms with Crippen LogP contribution in [0.15, 0.2) is 36.8 Å². The second kappa shape index (κ2) is 12.0. The number of fused-ring (bicyclic) bond motifs is 1. The standard InChI is InChI=1S/C27H30F2N8O5/c1-3-22(38)31-13-18-14-37(27(41)42-18)17-11-19(28)23(20(29)12-17)34-7-9-35(10-8-34)25(40)16(2)32-24(39)21-15-36-6-4-5-30-26(36)33-21/h4-6,11-12,15-16,18H,3,7-10,13-14H2,1-2H3,(H,31,38)(H,32,39)/t16-,18-/m0/s1. The molecule has 42 heavy (non-hydrogen) atoms. The van der Waals surface area contributed by atoms with Gasteiger partial charge in [-0.1, -0.05) is 6.92 Å². The van der Waals surface area contributed by atoms with Gasteiger partial charge in [-0.25, -0.2) is 23.5 Å². The predicted molar refractivity (Wildman–Crippen MR) is 146 cm³/mol. The molecule has 0 bridgehead atoms. The summed E-state index contributed by atoms with van der Waals surface area (Å²) in [5, 5.41) is 5.27. The number of anilines is 2. The first-order valence-corrected chi connectivity index (χ1v) is 13.5. The van der Waals surface area contributed by atoms with Crippen LogP contribution < -0.4 is 20.4 Å². The molecule has 1 aromatic carbocycles. The lowest BCUT2D eigenvalue weighted by Gasteiger charge is -2.37. The van der Waals surface area contributed by atoms with Gasteiger partial charge in [-0.3, -0.25) is 23.7 Å². The molecule has 2 saturated heterocycles. The molecule has 222 valence electrons. The molecular weight excluding hydrogens is 554 g/mol. The minimum Gasteiger partial charge on any atom is -0.442 e. The van der Waals surface area contributed by atoms with Gasteiger partial charge in [0.25, 0.3) is 5.91 Å². The van der Waals surface area contributed by atoms with E-state index in [1.807, 2.05) is 0 Å². The molecule has 2 aliphatic rings. The Kier molecular flexibility index (Phi) is 8.17. The van der Waals surface area contributed by atoms with Gasteiger partial charge in [-0.05, 0) is 13.0 Å². The zero-order chi connectivity index (χ0) is 30.0. The summed E-state index contributed by atoms with van der Waals surface area (Å²) >= 11 is 0. The summed E-state index contributed by atoms with van der Waals surface area (Å²) in [6.07, 6.45) is 3.64. The summed E-state index contributed by atoms with van der Waals surface area (Å²) in [6.45, 7) is 4.06. The van der Waals surface area contributed by atoms with Gasteiger partial charge in [-0.2, -0.15) is 0 Å². The van der Waals surface area contributed by atoms with Gasteiger partial charge in [0.15, 0.2) is 11.6 Å². The first-order chi connectivity index (χ1) is 20.1. The molecule has 2 aliphatic heterocycles. The Morgan fingerprint density at radius 1 is 1.14 bits per heavy atom. The van der Waals surface area contributed by atoms with Crippen molar-refractivity contribution in [3.8, 4) is 0 Å². The molecule has 2 N–H and O–H groups in total. The minimum atomic E-state index is -0.858. The molecule has 3 aromatic rings. The fraction of sp³-hybridized carbons (Fsp3) is 0.407. The summed E-state index contributed by atoms with van der Waals surface area (Å²) in [5.41, 5.74) is -0.136. The van der Waals surface area contributed by atoms with E-state index in [9.17, 15) is 19.2 Å². The monoisotopic (exact) mass is 584 g/mol. The Morgan fingerprint density at radius 2 is 1.86 bits per heavy atom. The summed E-state index contributed by atoms with van der Waals surface area (Å²) in [4.78, 5) is 61.8. The number of halogens is 2. The number of hydrogen-bond acceptors (Lipinski definition) is 8.